The minimum absolute atomic E-state index is 0.0505. The Labute approximate surface area is 456 Å². The summed E-state index contributed by atoms with van der Waals surface area (Å²) in [6.45, 7) is 5.24. The number of aromatic nitrogens is 6. The van der Waals surface area contributed by atoms with Crippen molar-refractivity contribution in [1.82, 2.24) is 39.7 Å². The van der Waals surface area contributed by atoms with Crippen LogP contribution in [0.2, 0.25) is 5.15 Å². The number of hydrogen-bond acceptors (Lipinski definition) is 15. The molecule has 0 amide bonds. The Kier molecular flexibility index (Phi) is 16.1. The van der Waals surface area contributed by atoms with Crippen LogP contribution in [0.3, 0.4) is 0 Å². The van der Waals surface area contributed by atoms with Crippen molar-refractivity contribution >= 4 is 57.1 Å². The van der Waals surface area contributed by atoms with Gasteiger partial charge < -0.3 is 19.1 Å². The van der Waals surface area contributed by atoms with Gasteiger partial charge in [0.2, 0.25) is 5.88 Å². The van der Waals surface area contributed by atoms with Crippen LogP contribution in [0.1, 0.15) is 47.9 Å². The number of Topliss-reactive ketones (excluding diaryl/α,β-unsaturated/α-hetero) is 4. The Balaban J connectivity index is 0.000000183. The van der Waals surface area contributed by atoms with Crippen molar-refractivity contribution < 1.29 is 51.0 Å². The van der Waals surface area contributed by atoms with Gasteiger partial charge in [-0.25, -0.2) is 47.5 Å². The molecular formula is C59H51ClF4N8O7. The van der Waals surface area contributed by atoms with Crippen molar-refractivity contribution in [3.63, 3.8) is 0 Å². The van der Waals surface area contributed by atoms with E-state index in [4.69, 9.17) is 25.8 Å². The van der Waals surface area contributed by atoms with Crippen molar-refractivity contribution in [3.8, 4) is 28.9 Å². The average molecular weight is 1100 g/mol. The molecule has 20 heteroatoms. The third kappa shape index (κ3) is 12.9. The van der Waals surface area contributed by atoms with Gasteiger partial charge in [0.15, 0.2) is 80.1 Å². The Morgan fingerprint density at radius 3 is 1.42 bits per heavy atom. The first-order valence-corrected chi connectivity index (χ1v) is 26.0. The molecule has 4 aromatic carbocycles. The summed E-state index contributed by atoms with van der Waals surface area (Å²) in [5.74, 6) is -2.28. The Morgan fingerprint density at radius 2 is 0.962 bits per heavy atom. The van der Waals surface area contributed by atoms with Crippen LogP contribution in [-0.2, 0) is 44.9 Å². The topological polar surface area (TPSA) is 180 Å². The molecule has 8 aromatic rings. The number of benzene rings is 4. The molecule has 79 heavy (non-hydrogen) atoms. The van der Waals surface area contributed by atoms with E-state index >= 15 is 4.39 Å². The third-order valence-corrected chi connectivity index (χ3v) is 14.6. The normalized spacial score (nSPS) is 15.4. The van der Waals surface area contributed by atoms with Gasteiger partial charge in [0, 0.05) is 82.9 Å². The molecule has 0 spiro atoms. The molecule has 404 valence electrons. The molecule has 0 bridgehead atoms. The van der Waals surface area contributed by atoms with E-state index in [1.54, 1.807) is 30.3 Å². The number of ether oxygens (including phenoxy) is 3. The Hall–Kier alpha value is -8.13. The van der Waals surface area contributed by atoms with Crippen molar-refractivity contribution in [2.45, 2.75) is 51.4 Å². The molecule has 2 aliphatic carbocycles. The number of pyridine rings is 2. The monoisotopic (exact) mass is 1090 g/mol. The number of carbonyl (C=O) groups excluding carboxylic acids is 4. The summed E-state index contributed by atoms with van der Waals surface area (Å²) in [7, 11) is 2.11. The number of rotatable bonds is 20. The highest BCUT2D eigenvalue weighted by Crippen LogP contribution is 2.50. The minimum Gasteiger partial charge on any atom is -0.475 e. The summed E-state index contributed by atoms with van der Waals surface area (Å²) in [5.41, 5.74) is 1.32. The fourth-order valence-electron chi connectivity index (χ4n) is 9.35. The standard InChI is InChI=1S/C33H33F2N5O4.C26H18ClF2N3O3/c1-39-12-14-40(15-13-39)16-17-43-30-21-37-32-31(38-30)27(8-11-36-32)44-26-7-4-23(18-25(26)35)20-29(42)33(9-10-33)28(41)19-22-2-5-24(34)6-3-22;27-23-14-31-25-24(32-23)20(7-10-30-25)35-19-6-3-16(11-18(19)29)13-22(34)26(8-9-26)21(33)12-15-1-4-17(28)5-2-15/h2-8,11,18,21H,9-10,12-17,19-20H2,1H3;1-7,10-11,14H,8-9,12-13H2. The second kappa shape index (κ2) is 23.5. The van der Waals surface area contributed by atoms with Crippen LogP contribution in [0.15, 0.2) is 122 Å². The number of nitrogens with zero attached hydrogens (tertiary/aromatic N) is 8. The van der Waals surface area contributed by atoms with E-state index in [0.717, 1.165) is 32.7 Å². The maximum absolute atomic E-state index is 15.2. The van der Waals surface area contributed by atoms with Crippen LogP contribution in [0.25, 0.3) is 22.3 Å². The molecule has 3 fully saturated rings. The highest BCUT2D eigenvalue weighted by Gasteiger charge is 2.55. The van der Waals surface area contributed by atoms with Gasteiger partial charge in [-0.2, -0.15) is 0 Å². The first kappa shape index (κ1) is 54.2. The molecule has 2 saturated carbocycles. The van der Waals surface area contributed by atoms with Gasteiger partial charge in [0.05, 0.1) is 23.2 Å². The molecule has 4 aromatic heterocycles. The van der Waals surface area contributed by atoms with E-state index in [0.29, 0.717) is 77.2 Å². The van der Waals surface area contributed by atoms with E-state index < -0.39 is 22.5 Å². The van der Waals surface area contributed by atoms with E-state index in [9.17, 15) is 32.3 Å². The Morgan fingerprint density at radius 1 is 0.532 bits per heavy atom. The van der Waals surface area contributed by atoms with Crippen molar-refractivity contribution in [1.29, 1.82) is 0 Å². The van der Waals surface area contributed by atoms with Crippen LogP contribution >= 0.6 is 11.6 Å². The molecular weight excluding hydrogens is 1040 g/mol. The molecule has 11 rings (SSSR count). The molecule has 1 aliphatic heterocycles. The minimum atomic E-state index is -1.06. The highest BCUT2D eigenvalue weighted by atomic mass is 35.5. The van der Waals surface area contributed by atoms with Gasteiger partial charge in [0.25, 0.3) is 0 Å². The van der Waals surface area contributed by atoms with Gasteiger partial charge in [-0.1, -0.05) is 48.0 Å². The molecule has 0 atom stereocenters. The second-order valence-electron chi connectivity index (χ2n) is 19.9. The highest BCUT2D eigenvalue weighted by molar-refractivity contribution is 6.29. The lowest BCUT2D eigenvalue weighted by molar-refractivity contribution is -0.135. The number of fused-ring (bicyclic) bond motifs is 2. The van der Waals surface area contributed by atoms with Crippen LogP contribution in [0, 0.1) is 34.1 Å². The molecule has 15 nitrogen and oxygen atoms in total. The van der Waals surface area contributed by atoms with Crippen LogP contribution < -0.4 is 14.2 Å². The number of ketones is 4. The summed E-state index contributed by atoms with van der Waals surface area (Å²) in [6.07, 6.45) is 7.64. The molecule has 0 unspecified atom stereocenters. The predicted octanol–water partition coefficient (Wildman–Crippen LogP) is 9.88. The predicted molar refractivity (Wildman–Crippen MR) is 283 cm³/mol. The maximum Gasteiger partial charge on any atom is 0.233 e. The second-order valence-corrected chi connectivity index (χ2v) is 20.3. The van der Waals surface area contributed by atoms with Gasteiger partial charge in [-0.05, 0) is 104 Å². The van der Waals surface area contributed by atoms with E-state index in [2.05, 4.69) is 46.8 Å². The fraction of sp³-hybridized carbons (Fsp3) is 0.288. The largest absolute Gasteiger partial charge is 0.475 e. The summed E-state index contributed by atoms with van der Waals surface area (Å²) >= 11 is 5.91. The third-order valence-electron chi connectivity index (χ3n) is 14.4. The zero-order chi connectivity index (χ0) is 55.3. The van der Waals surface area contributed by atoms with Gasteiger partial charge in [-0.15, -0.1) is 0 Å². The number of carbonyl (C=O) groups is 4. The summed E-state index contributed by atoms with van der Waals surface area (Å²) in [5, 5.41) is 0.146. The van der Waals surface area contributed by atoms with Crippen molar-refractivity contribution in [2.75, 3.05) is 46.4 Å². The zero-order valence-corrected chi connectivity index (χ0v) is 43.5. The SMILES string of the molecule is CN1CCN(CCOc2cnc3nccc(Oc4ccc(CC(=O)C5(C(=O)Cc6ccc(F)cc6)CC5)cc4F)c3n2)CC1.O=C(Cc1ccc(F)cc1)C1(C(=O)Cc2ccc(Oc3ccnc4ncc(Cl)nc34)c(F)c2)CC1. The van der Waals surface area contributed by atoms with Gasteiger partial charge >= 0.3 is 0 Å². The quantitative estimate of drug-likeness (QED) is 0.0519. The molecule has 0 radical (unpaired) electrons. The van der Waals surface area contributed by atoms with E-state index in [1.165, 1.54) is 91.5 Å². The van der Waals surface area contributed by atoms with Crippen molar-refractivity contribution in [2.24, 2.45) is 10.8 Å². The van der Waals surface area contributed by atoms with Crippen molar-refractivity contribution in [3.05, 3.63) is 173 Å². The first-order valence-electron chi connectivity index (χ1n) is 25.6. The van der Waals surface area contributed by atoms with Crippen LogP contribution in [-0.4, -0.2) is 109 Å². The number of likely N-dealkylation sites (N-methyl/N-ethyl adjacent to an activating group) is 1. The summed E-state index contributed by atoms with van der Waals surface area (Å²) < 4.78 is 73.8. The number of piperazine rings is 1. The molecule has 0 N–H and O–H groups in total. The molecule has 3 aliphatic rings. The first-order chi connectivity index (χ1) is 38.1. The fourth-order valence-corrected chi connectivity index (χ4v) is 9.48. The average Bonchev–Trinajstić information content (AvgIpc) is 4.48. The number of hydrogen-bond donors (Lipinski definition) is 0. The molecule has 1 saturated heterocycles. The lowest BCUT2D eigenvalue weighted by atomic mass is 9.88. The van der Waals surface area contributed by atoms with Gasteiger partial charge in [0.1, 0.15) is 23.4 Å². The summed E-state index contributed by atoms with van der Waals surface area (Å²) in [4.78, 5) is 81.9. The Bertz CT molecular complexity index is 3600. The molecule has 5 heterocycles. The van der Waals surface area contributed by atoms with E-state index in [-0.39, 0.29) is 94.1 Å². The number of halogens is 5. The maximum atomic E-state index is 15.2. The smallest absolute Gasteiger partial charge is 0.233 e. The lowest BCUT2D eigenvalue weighted by Gasteiger charge is -2.32. The van der Waals surface area contributed by atoms with Crippen LogP contribution in [0.5, 0.6) is 28.9 Å². The summed E-state index contributed by atoms with van der Waals surface area (Å²) in [6, 6.07) is 22.9. The zero-order valence-electron chi connectivity index (χ0n) is 42.8. The van der Waals surface area contributed by atoms with Crippen LogP contribution in [0.4, 0.5) is 17.6 Å². The van der Waals surface area contributed by atoms with E-state index in [1.807, 2.05) is 0 Å². The lowest BCUT2D eigenvalue weighted by Crippen LogP contribution is -2.45. The van der Waals surface area contributed by atoms with Gasteiger partial charge in [-0.3, -0.25) is 24.1 Å².